The van der Waals surface area contributed by atoms with Crippen LogP contribution in [0.4, 0.5) is 0 Å². The number of hydrogen-bond acceptors (Lipinski definition) is 4. The van der Waals surface area contributed by atoms with Gasteiger partial charge in [-0.1, -0.05) is 12.1 Å². The van der Waals surface area contributed by atoms with Crippen LogP contribution >= 0.6 is 0 Å². The average molecular weight is 293 g/mol. The molecule has 5 heteroatoms. The van der Waals surface area contributed by atoms with Crippen molar-refractivity contribution in [2.75, 3.05) is 32.9 Å². The summed E-state index contributed by atoms with van der Waals surface area (Å²) in [4.78, 5) is 13.8. The Labute approximate surface area is 125 Å². The predicted octanol–water partition coefficient (Wildman–Crippen LogP) is 1.37. The van der Waals surface area contributed by atoms with Crippen molar-refractivity contribution in [1.82, 2.24) is 4.90 Å². The zero-order valence-electron chi connectivity index (χ0n) is 12.5. The normalized spacial score (nSPS) is 18.6. The van der Waals surface area contributed by atoms with E-state index < -0.39 is 0 Å². The third-order valence-electron chi connectivity index (χ3n) is 3.49. The van der Waals surface area contributed by atoms with Gasteiger partial charge in [-0.25, -0.2) is 0 Å². The van der Waals surface area contributed by atoms with Crippen LogP contribution in [0.3, 0.4) is 0 Å². The van der Waals surface area contributed by atoms with Gasteiger partial charge in [-0.15, -0.1) is 0 Å². The molecule has 1 aromatic carbocycles. The summed E-state index contributed by atoms with van der Waals surface area (Å²) in [6.07, 6.45) is 0.906. The molecule has 2 rings (SSSR count). The number of hydrogen-bond donors (Lipinski definition) is 1. The fraction of sp³-hybridized carbons (Fsp3) is 0.562. The fourth-order valence-electron chi connectivity index (χ4n) is 2.33. The minimum Gasteiger partial charge on any atom is -0.494 e. The molecule has 0 aliphatic carbocycles. The van der Waals surface area contributed by atoms with Crippen molar-refractivity contribution >= 4 is 5.91 Å². The summed E-state index contributed by atoms with van der Waals surface area (Å²) < 4.78 is 11.0. The second-order valence-electron chi connectivity index (χ2n) is 5.28. The number of amides is 1. The Morgan fingerprint density at radius 1 is 1.52 bits per heavy atom. The van der Waals surface area contributed by atoms with E-state index >= 15 is 0 Å². The third-order valence-corrected chi connectivity index (χ3v) is 3.49. The van der Waals surface area contributed by atoms with Crippen LogP contribution in [-0.4, -0.2) is 54.9 Å². The first-order chi connectivity index (χ1) is 10.2. The molecule has 1 heterocycles. The van der Waals surface area contributed by atoms with Crippen molar-refractivity contribution in [2.45, 2.75) is 25.9 Å². The van der Waals surface area contributed by atoms with Gasteiger partial charge in [0.05, 0.1) is 25.9 Å². The minimum absolute atomic E-state index is 0.0414. The lowest BCUT2D eigenvalue weighted by Crippen LogP contribution is -2.46. The molecule has 0 radical (unpaired) electrons. The highest BCUT2D eigenvalue weighted by atomic mass is 16.5. The molecule has 1 aromatic rings. The van der Waals surface area contributed by atoms with E-state index in [0.29, 0.717) is 39.1 Å². The lowest BCUT2D eigenvalue weighted by molar-refractivity contribution is -0.140. The highest BCUT2D eigenvalue weighted by Crippen LogP contribution is 2.13. The minimum atomic E-state index is -0.244. The summed E-state index contributed by atoms with van der Waals surface area (Å²) in [7, 11) is 0. The average Bonchev–Trinajstić information content (AvgIpc) is 2.51. The van der Waals surface area contributed by atoms with Crippen molar-refractivity contribution in [2.24, 2.45) is 0 Å². The number of rotatable bonds is 6. The Morgan fingerprint density at radius 2 is 2.38 bits per heavy atom. The van der Waals surface area contributed by atoms with Crippen LogP contribution in [0.1, 0.15) is 18.4 Å². The fourth-order valence-corrected chi connectivity index (χ4v) is 2.33. The van der Waals surface area contributed by atoms with Crippen molar-refractivity contribution in [3.05, 3.63) is 29.8 Å². The molecule has 1 fully saturated rings. The smallest absolute Gasteiger partial charge is 0.222 e. The van der Waals surface area contributed by atoms with Gasteiger partial charge in [0.2, 0.25) is 5.91 Å². The van der Waals surface area contributed by atoms with Crippen molar-refractivity contribution in [1.29, 1.82) is 0 Å². The molecule has 0 bridgehead atoms. The summed E-state index contributed by atoms with van der Waals surface area (Å²) in [5, 5.41) is 9.07. The monoisotopic (exact) mass is 293 g/mol. The van der Waals surface area contributed by atoms with E-state index in [2.05, 4.69) is 0 Å². The number of ether oxygens (including phenoxy) is 2. The van der Waals surface area contributed by atoms with E-state index in [4.69, 9.17) is 14.6 Å². The zero-order valence-corrected chi connectivity index (χ0v) is 12.5. The van der Waals surface area contributed by atoms with Gasteiger partial charge in [-0.05, 0) is 31.0 Å². The first-order valence-electron chi connectivity index (χ1n) is 7.39. The Balaban J connectivity index is 1.67. The highest BCUT2D eigenvalue weighted by Gasteiger charge is 2.23. The molecule has 5 nitrogen and oxygen atoms in total. The Morgan fingerprint density at radius 3 is 3.14 bits per heavy atom. The number of benzene rings is 1. The highest BCUT2D eigenvalue weighted by molar-refractivity contribution is 5.76. The summed E-state index contributed by atoms with van der Waals surface area (Å²) in [6.45, 7) is 4.09. The number of aliphatic hydroxyl groups excluding tert-OH is 1. The number of aliphatic hydroxyl groups is 1. The van der Waals surface area contributed by atoms with Crippen LogP contribution in [0, 0.1) is 6.92 Å². The van der Waals surface area contributed by atoms with Gasteiger partial charge in [0, 0.05) is 19.5 Å². The van der Waals surface area contributed by atoms with Gasteiger partial charge in [0.25, 0.3) is 0 Å². The topological polar surface area (TPSA) is 59.0 Å². The molecule has 21 heavy (non-hydrogen) atoms. The lowest BCUT2D eigenvalue weighted by atomic mass is 10.2. The number of carbonyl (C=O) groups excluding carboxylic acids is 1. The zero-order chi connectivity index (χ0) is 15.1. The van der Waals surface area contributed by atoms with Gasteiger partial charge in [0.1, 0.15) is 5.75 Å². The molecular weight excluding hydrogens is 270 g/mol. The number of nitrogens with zero attached hydrogens (tertiary/aromatic N) is 1. The van der Waals surface area contributed by atoms with E-state index in [1.165, 1.54) is 0 Å². The van der Waals surface area contributed by atoms with Crippen LogP contribution in [0.5, 0.6) is 5.75 Å². The van der Waals surface area contributed by atoms with Gasteiger partial charge in [-0.2, -0.15) is 0 Å². The van der Waals surface area contributed by atoms with E-state index in [0.717, 1.165) is 11.3 Å². The maximum Gasteiger partial charge on any atom is 0.222 e. The molecule has 0 saturated carbocycles. The van der Waals surface area contributed by atoms with Crippen LogP contribution in [0.2, 0.25) is 0 Å². The molecular formula is C16H23NO4. The first kappa shape index (κ1) is 15.8. The summed E-state index contributed by atoms with van der Waals surface area (Å²) >= 11 is 0. The van der Waals surface area contributed by atoms with Crippen molar-refractivity contribution in [3.8, 4) is 5.75 Å². The van der Waals surface area contributed by atoms with E-state index in [1.807, 2.05) is 31.2 Å². The van der Waals surface area contributed by atoms with Crippen LogP contribution in [-0.2, 0) is 9.53 Å². The Kier molecular flexibility index (Phi) is 6.02. The largest absolute Gasteiger partial charge is 0.494 e. The molecule has 0 aromatic heterocycles. The molecule has 1 unspecified atom stereocenters. The van der Waals surface area contributed by atoms with E-state index in [1.54, 1.807) is 4.90 Å². The number of aryl methyl sites for hydroxylation is 1. The van der Waals surface area contributed by atoms with Crippen molar-refractivity contribution in [3.63, 3.8) is 0 Å². The van der Waals surface area contributed by atoms with Gasteiger partial charge in [0.15, 0.2) is 0 Å². The maximum atomic E-state index is 12.1. The Hall–Kier alpha value is -1.59. The van der Waals surface area contributed by atoms with Crippen LogP contribution in [0.25, 0.3) is 0 Å². The number of carbonyl (C=O) groups is 1. The second-order valence-corrected chi connectivity index (χ2v) is 5.28. The van der Waals surface area contributed by atoms with Gasteiger partial charge >= 0.3 is 0 Å². The van der Waals surface area contributed by atoms with E-state index in [9.17, 15) is 4.79 Å². The molecule has 1 aliphatic heterocycles. The molecule has 1 saturated heterocycles. The van der Waals surface area contributed by atoms with Gasteiger partial charge in [-0.3, -0.25) is 4.79 Å². The standard InChI is InChI=1S/C16H23NO4/c1-13-4-2-5-14(10-13)20-8-3-6-16(19)17-7-9-21-15(11-17)12-18/h2,4-5,10,15,18H,3,6-9,11-12H2,1H3. The molecule has 1 N–H and O–H groups in total. The molecule has 1 aliphatic rings. The van der Waals surface area contributed by atoms with Crippen LogP contribution < -0.4 is 4.74 Å². The predicted molar refractivity (Wildman–Crippen MR) is 79.3 cm³/mol. The second kappa shape index (κ2) is 8.00. The van der Waals surface area contributed by atoms with Crippen molar-refractivity contribution < 1.29 is 19.4 Å². The third kappa shape index (κ3) is 5.02. The number of morpholine rings is 1. The Bertz CT molecular complexity index is 463. The molecule has 116 valence electrons. The summed E-state index contributed by atoms with van der Waals surface area (Å²) in [5.74, 6) is 0.943. The first-order valence-corrected chi connectivity index (χ1v) is 7.39. The molecule has 1 atom stereocenters. The SMILES string of the molecule is Cc1cccc(OCCCC(=O)N2CCOC(CO)C2)c1. The quantitative estimate of drug-likeness (QED) is 0.805. The molecule has 0 spiro atoms. The van der Waals surface area contributed by atoms with Crippen LogP contribution in [0.15, 0.2) is 24.3 Å². The molecule has 1 amide bonds. The maximum absolute atomic E-state index is 12.1. The summed E-state index contributed by atoms with van der Waals surface area (Å²) in [5.41, 5.74) is 1.16. The van der Waals surface area contributed by atoms with Gasteiger partial charge < -0.3 is 19.5 Å². The summed E-state index contributed by atoms with van der Waals surface area (Å²) in [6, 6.07) is 7.88. The van der Waals surface area contributed by atoms with E-state index in [-0.39, 0.29) is 18.6 Å². The lowest BCUT2D eigenvalue weighted by Gasteiger charge is -2.32.